The highest BCUT2D eigenvalue weighted by molar-refractivity contribution is 5.45. The largest absolute Gasteiger partial charge is 0.496 e. The average Bonchev–Trinajstić information content (AvgIpc) is 2.29. The summed E-state index contributed by atoms with van der Waals surface area (Å²) in [7, 11) is 3.08. The summed E-state index contributed by atoms with van der Waals surface area (Å²) >= 11 is 0. The van der Waals surface area contributed by atoms with Gasteiger partial charge in [0.05, 0.1) is 20.3 Å². The van der Waals surface area contributed by atoms with Gasteiger partial charge in [-0.2, -0.15) is 5.26 Å². The van der Waals surface area contributed by atoms with E-state index >= 15 is 0 Å². The Kier molecular flexibility index (Phi) is 3.95. The van der Waals surface area contributed by atoms with E-state index in [-0.39, 0.29) is 6.42 Å². The summed E-state index contributed by atoms with van der Waals surface area (Å²) < 4.78 is 10.3. The SMILES string of the molecule is COc1cccc(OC)c1CC(O)C#N. The summed E-state index contributed by atoms with van der Waals surface area (Å²) in [5.41, 5.74) is 0.705. The van der Waals surface area contributed by atoms with E-state index in [9.17, 15) is 5.11 Å². The third-order valence-electron chi connectivity index (χ3n) is 2.08. The van der Waals surface area contributed by atoms with Gasteiger partial charge in [-0.25, -0.2) is 0 Å². The second kappa shape index (κ2) is 5.23. The van der Waals surface area contributed by atoms with Crippen LogP contribution in [0.25, 0.3) is 0 Å². The van der Waals surface area contributed by atoms with Crippen LogP contribution in [0, 0.1) is 11.3 Å². The molecule has 0 fully saturated rings. The van der Waals surface area contributed by atoms with E-state index in [0.29, 0.717) is 17.1 Å². The average molecular weight is 207 g/mol. The molecule has 0 amide bonds. The smallest absolute Gasteiger partial charge is 0.144 e. The van der Waals surface area contributed by atoms with Crippen molar-refractivity contribution in [2.75, 3.05) is 14.2 Å². The monoisotopic (exact) mass is 207 g/mol. The molecule has 1 rings (SSSR count). The summed E-state index contributed by atoms with van der Waals surface area (Å²) in [6, 6.07) is 7.08. The van der Waals surface area contributed by atoms with Crippen LogP contribution in [-0.4, -0.2) is 25.4 Å². The van der Waals surface area contributed by atoms with Crippen molar-refractivity contribution < 1.29 is 14.6 Å². The molecular weight excluding hydrogens is 194 g/mol. The molecule has 15 heavy (non-hydrogen) atoms. The second-order valence-electron chi connectivity index (χ2n) is 2.99. The van der Waals surface area contributed by atoms with Crippen molar-refractivity contribution in [1.82, 2.24) is 0 Å². The number of hydrogen-bond acceptors (Lipinski definition) is 4. The Bertz CT molecular complexity index is 348. The van der Waals surface area contributed by atoms with Gasteiger partial charge in [0.25, 0.3) is 0 Å². The van der Waals surface area contributed by atoms with Crippen LogP contribution >= 0.6 is 0 Å². The first-order valence-corrected chi connectivity index (χ1v) is 4.50. The zero-order chi connectivity index (χ0) is 11.3. The Hall–Kier alpha value is -1.73. The molecule has 1 N–H and O–H groups in total. The molecule has 0 aliphatic rings. The number of aliphatic hydroxyl groups is 1. The molecule has 1 aromatic rings. The molecule has 4 nitrogen and oxygen atoms in total. The van der Waals surface area contributed by atoms with Crippen LogP contribution in [-0.2, 0) is 6.42 Å². The molecule has 0 heterocycles. The predicted molar refractivity (Wildman–Crippen MR) is 54.9 cm³/mol. The Morgan fingerprint density at radius 1 is 1.33 bits per heavy atom. The maximum absolute atomic E-state index is 9.28. The van der Waals surface area contributed by atoms with Crippen molar-refractivity contribution in [3.8, 4) is 17.6 Å². The number of hydrogen-bond donors (Lipinski definition) is 1. The number of methoxy groups -OCH3 is 2. The van der Waals surface area contributed by atoms with Crippen LogP contribution in [0.5, 0.6) is 11.5 Å². The van der Waals surface area contributed by atoms with Crippen LogP contribution in [0.15, 0.2) is 18.2 Å². The van der Waals surface area contributed by atoms with E-state index in [4.69, 9.17) is 14.7 Å². The number of rotatable bonds is 4. The maximum atomic E-state index is 9.28. The predicted octanol–water partition coefficient (Wildman–Crippen LogP) is 1.13. The molecule has 0 radical (unpaired) electrons. The lowest BCUT2D eigenvalue weighted by molar-refractivity contribution is 0.227. The van der Waals surface area contributed by atoms with Crippen molar-refractivity contribution in [2.24, 2.45) is 0 Å². The van der Waals surface area contributed by atoms with Gasteiger partial charge in [0.15, 0.2) is 0 Å². The highest BCUT2D eigenvalue weighted by Crippen LogP contribution is 2.29. The molecule has 0 aromatic heterocycles. The minimum absolute atomic E-state index is 0.198. The zero-order valence-electron chi connectivity index (χ0n) is 8.73. The number of nitrogens with zero attached hydrogens (tertiary/aromatic N) is 1. The topological polar surface area (TPSA) is 62.5 Å². The number of ether oxygens (including phenoxy) is 2. The molecule has 1 aromatic carbocycles. The van der Waals surface area contributed by atoms with Crippen LogP contribution in [0.3, 0.4) is 0 Å². The molecule has 0 aliphatic heterocycles. The van der Waals surface area contributed by atoms with Gasteiger partial charge >= 0.3 is 0 Å². The van der Waals surface area contributed by atoms with E-state index in [0.717, 1.165) is 0 Å². The van der Waals surface area contributed by atoms with Crippen molar-refractivity contribution in [2.45, 2.75) is 12.5 Å². The van der Waals surface area contributed by atoms with Crippen LogP contribution in [0.4, 0.5) is 0 Å². The van der Waals surface area contributed by atoms with E-state index in [1.807, 2.05) is 0 Å². The normalized spacial score (nSPS) is 11.6. The fourth-order valence-corrected chi connectivity index (χ4v) is 1.37. The first-order chi connectivity index (χ1) is 7.22. The van der Waals surface area contributed by atoms with Crippen molar-refractivity contribution in [1.29, 1.82) is 5.26 Å². The molecule has 0 aliphatic carbocycles. The minimum atomic E-state index is -1.05. The van der Waals surface area contributed by atoms with Gasteiger partial charge in [-0.15, -0.1) is 0 Å². The van der Waals surface area contributed by atoms with Gasteiger partial charge in [0.1, 0.15) is 17.6 Å². The third kappa shape index (κ3) is 2.61. The molecule has 0 saturated carbocycles. The highest BCUT2D eigenvalue weighted by atomic mass is 16.5. The lowest BCUT2D eigenvalue weighted by atomic mass is 10.1. The van der Waals surface area contributed by atoms with Crippen molar-refractivity contribution >= 4 is 0 Å². The molecular formula is C11H13NO3. The van der Waals surface area contributed by atoms with Crippen LogP contribution in [0.2, 0.25) is 0 Å². The quantitative estimate of drug-likeness (QED) is 0.752. The Morgan fingerprint density at radius 2 is 1.87 bits per heavy atom. The first-order valence-electron chi connectivity index (χ1n) is 4.50. The number of nitriles is 1. The Balaban J connectivity index is 3.06. The fourth-order valence-electron chi connectivity index (χ4n) is 1.37. The zero-order valence-corrected chi connectivity index (χ0v) is 8.73. The Morgan fingerprint density at radius 3 is 2.27 bits per heavy atom. The minimum Gasteiger partial charge on any atom is -0.496 e. The van der Waals surface area contributed by atoms with Crippen LogP contribution < -0.4 is 9.47 Å². The summed E-state index contributed by atoms with van der Waals surface area (Å²) in [4.78, 5) is 0. The fraction of sp³-hybridized carbons (Fsp3) is 0.364. The van der Waals surface area contributed by atoms with Crippen molar-refractivity contribution in [3.05, 3.63) is 23.8 Å². The van der Waals surface area contributed by atoms with E-state index in [1.54, 1.807) is 24.3 Å². The van der Waals surface area contributed by atoms with Crippen molar-refractivity contribution in [3.63, 3.8) is 0 Å². The molecule has 0 bridgehead atoms. The summed E-state index contributed by atoms with van der Waals surface area (Å²) in [6.45, 7) is 0. The van der Waals surface area contributed by atoms with E-state index < -0.39 is 6.10 Å². The summed E-state index contributed by atoms with van der Waals surface area (Å²) in [5.74, 6) is 1.23. The first kappa shape index (κ1) is 11.3. The highest BCUT2D eigenvalue weighted by Gasteiger charge is 2.13. The Labute approximate surface area is 88.7 Å². The molecule has 0 saturated heterocycles. The van der Waals surface area contributed by atoms with Gasteiger partial charge < -0.3 is 14.6 Å². The lowest BCUT2D eigenvalue weighted by Crippen LogP contribution is -2.09. The third-order valence-corrected chi connectivity index (χ3v) is 2.08. The van der Waals surface area contributed by atoms with Gasteiger partial charge in [-0.3, -0.25) is 0 Å². The second-order valence-corrected chi connectivity index (χ2v) is 2.99. The molecule has 0 spiro atoms. The summed E-state index contributed by atoms with van der Waals surface area (Å²) in [6.07, 6.45) is -0.848. The standard InChI is InChI=1S/C11H13NO3/c1-14-10-4-3-5-11(15-2)9(10)6-8(13)7-12/h3-5,8,13H,6H2,1-2H3. The van der Waals surface area contributed by atoms with Gasteiger partial charge in [-0.1, -0.05) is 6.07 Å². The molecule has 1 atom stereocenters. The van der Waals surface area contributed by atoms with Crippen LogP contribution in [0.1, 0.15) is 5.56 Å². The van der Waals surface area contributed by atoms with Gasteiger partial charge in [0, 0.05) is 12.0 Å². The molecule has 1 unspecified atom stereocenters. The van der Waals surface area contributed by atoms with E-state index in [2.05, 4.69) is 0 Å². The maximum Gasteiger partial charge on any atom is 0.144 e. The van der Waals surface area contributed by atoms with Gasteiger partial charge in [-0.05, 0) is 12.1 Å². The number of benzene rings is 1. The lowest BCUT2D eigenvalue weighted by Gasteiger charge is -2.13. The number of aliphatic hydroxyl groups excluding tert-OH is 1. The molecule has 4 heteroatoms. The van der Waals surface area contributed by atoms with Gasteiger partial charge in [0.2, 0.25) is 0 Å². The van der Waals surface area contributed by atoms with E-state index in [1.165, 1.54) is 14.2 Å². The summed E-state index contributed by atoms with van der Waals surface area (Å²) in [5, 5.41) is 17.8. The molecule has 80 valence electrons.